The van der Waals surface area contributed by atoms with Crippen LogP contribution in [0.5, 0.6) is 11.5 Å². The zero-order valence-corrected chi connectivity index (χ0v) is 17.8. The van der Waals surface area contributed by atoms with Crippen molar-refractivity contribution in [3.63, 3.8) is 0 Å². The van der Waals surface area contributed by atoms with Gasteiger partial charge in [0.25, 0.3) is 10.0 Å². The van der Waals surface area contributed by atoms with Gasteiger partial charge in [-0.15, -0.1) is 0 Å². The van der Waals surface area contributed by atoms with E-state index in [0.29, 0.717) is 5.75 Å². The summed E-state index contributed by atoms with van der Waals surface area (Å²) in [5.41, 5.74) is 0.0888. The maximum absolute atomic E-state index is 13.4. The Labute approximate surface area is 173 Å². The number of hydrogen-bond acceptors (Lipinski definition) is 6. The number of halogens is 2. The molecule has 0 bridgehead atoms. The molecule has 0 aromatic heterocycles. The highest BCUT2D eigenvalue weighted by Gasteiger charge is 2.32. The van der Waals surface area contributed by atoms with Gasteiger partial charge in [-0.2, -0.15) is 0 Å². The highest BCUT2D eigenvalue weighted by Crippen LogP contribution is 2.37. The molecule has 0 atom stereocenters. The normalized spacial score (nSPS) is 11.0. The van der Waals surface area contributed by atoms with E-state index in [1.807, 2.05) is 0 Å². The molecule has 2 aromatic rings. The Bertz CT molecular complexity index is 965. The number of carbonyl (C=O) groups excluding carboxylic acids is 1. The summed E-state index contributed by atoms with van der Waals surface area (Å²) < 4.78 is 43.0. The molecule has 0 amide bonds. The molecule has 0 N–H and O–H groups in total. The number of esters is 1. The van der Waals surface area contributed by atoms with Crippen LogP contribution in [0.4, 0.5) is 5.69 Å². The van der Waals surface area contributed by atoms with Crippen LogP contribution in [-0.2, 0) is 19.6 Å². The minimum atomic E-state index is -4.30. The van der Waals surface area contributed by atoms with Gasteiger partial charge < -0.3 is 14.2 Å². The molecular formula is C18H19Cl2NO6S. The Morgan fingerprint density at radius 2 is 1.79 bits per heavy atom. The Morgan fingerprint density at radius 3 is 2.39 bits per heavy atom. The fourth-order valence-corrected chi connectivity index (χ4v) is 4.56. The molecule has 0 radical (unpaired) electrons. The quantitative estimate of drug-likeness (QED) is 0.572. The zero-order valence-electron chi connectivity index (χ0n) is 15.4. The standard InChI is InChI=1S/C18H19Cl2NO6S/c1-4-27-18(22)11-21(15-10-13(25-2)6-8-16(15)26-3)28(23,24)17-9-12(19)5-7-14(17)20/h5-10H,4,11H2,1-3H3. The molecule has 2 aromatic carbocycles. The van der Waals surface area contributed by atoms with Crippen molar-refractivity contribution in [2.75, 3.05) is 31.7 Å². The van der Waals surface area contributed by atoms with Gasteiger partial charge >= 0.3 is 5.97 Å². The van der Waals surface area contributed by atoms with E-state index < -0.39 is 22.5 Å². The van der Waals surface area contributed by atoms with Crippen LogP contribution in [0.1, 0.15) is 6.92 Å². The van der Waals surface area contributed by atoms with Crippen molar-refractivity contribution in [1.29, 1.82) is 0 Å². The summed E-state index contributed by atoms with van der Waals surface area (Å²) >= 11 is 12.1. The lowest BCUT2D eigenvalue weighted by molar-refractivity contribution is -0.141. The topological polar surface area (TPSA) is 82.1 Å². The third-order valence-corrected chi connectivity index (χ3v) is 6.17. The van der Waals surface area contributed by atoms with Gasteiger partial charge in [0.15, 0.2) is 0 Å². The molecule has 28 heavy (non-hydrogen) atoms. The van der Waals surface area contributed by atoms with Crippen LogP contribution in [0.2, 0.25) is 10.0 Å². The molecule has 2 rings (SSSR count). The third kappa shape index (κ3) is 4.81. The van der Waals surface area contributed by atoms with Gasteiger partial charge in [0, 0.05) is 11.1 Å². The molecule has 0 aliphatic rings. The second-order valence-electron chi connectivity index (χ2n) is 5.43. The molecule has 0 aliphatic heterocycles. The van der Waals surface area contributed by atoms with Gasteiger partial charge in [0.05, 0.1) is 31.5 Å². The van der Waals surface area contributed by atoms with Crippen LogP contribution >= 0.6 is 23.2 Å². The van der Waals surface area contributed by atoms with Crippen LogP contribution in [0.15, 0.2) is 41.3 Å². The van der Waals surface area contributed by atoms with Crippen LogP contribution in [0.25, 0.3) is 0 Å². The lowest BCUT2D eigenvalue weighted by Crippen LogP contribution is -2.37. The summed E-state index contributed by atoms with van der Waals surface area (Å²) in [6.45, 7) is 1.12. The molecule has 152 valence electrons. The van der Waals surface area contributed by atoms with Crippen molar-refractivity contribution in [2.45, 2.75) is 11.8 Å². The van der Waals surface area contributed by atoms with Crippen molar-refractivity contribution in [3.05, 3.63) is 46.4 Å². The highest BCUT2D eigenvalue weighted by molar-refractivity contribution is 7.93. The fraction of sp³-hybridized carbons (Fsp3) is 0.278. The van der Waals surface area contributed by atoms with Crippen molar-refractivity contribution in [2.24, 2.45) is 0 Å². The van der Waals surface area contributed by atoms with Crippen LogP contribution < -0.4 is 13.8 Å². The van der Waals surface area contributed by atoms with E-state index in [-0.39, 0.29) is 33.0 Å². The minimum Gasteiger partial charge on any atom is -0.497 e. The Morgan fingerprint density at radius 1 is 1.07 bits per heavy atom. The number of benzene rings is 2. The Balaban J connectivity index is 2.69. The number of methoxy groups -OCH3 is 2. The predicted molar refractivity (Wildman–Crippen MR) is 107 cm³/mol. The van der Waals surface area contributed by atoms with E-state index in [1.54, 1.807) is 13.0 Å². The number of rotatable bonds is 8. The van der Waals surface area contributed by atoms with E-state index in [9.17, 15) is 13.2 Å². The monoisotopic (exact) mass is 447 g/mol. The van der Waals surface area contributed by atoms with Crippen molar-refractivity contribution >= 4 is 44.9 Å². The van der Waals surface area contributed by atoms with Crippen LogP contribution in [0.3, 0.4) is 0 Å². The molecule has 0 saturated heterocycles. The van der Waals surface area contributed by atoms with Crippen LogP contribution in [-0.4, -0.2) is 41.8 Å². The van der Waals surface area contributed by atoms with E-state index in [0.717, 1.165) is 4.31 Å². The van der Waals surface area contributed by atoms with Gasteiger partial charge in [-0.1, -0.05) is 23.2 Å². The van der Waals surface area contributed by atoms with Gasteiger partial charge in [-0.25, -0.2) is 8.42 Å². The van der Waals surface area contributed by atoms with Gasteiger partial charge in [-0.3, -0.25) is 9.10 Å². The van der Waals surface area contributed by atoms with E-state index >= 15 is 0 Å². The van der Waals surface area contributed by atoms with Crippen molar-refractivity contribution in [1.82, 2.24) is 0 Å². The number of sulfonamides is 1. The minimum absolute atomic E-state index is 0.0416. The molecule has 0 aliphatic carbocycles. The maximum Gasteiger partial charge on any atom is 0.326 e. The number of nitrogens with zero attached hydrogens (tertiary/aromatic N) is 1. The molecule has 0 saturated carbocycles. The molecular weight excluding hydrogens is 429 g/mol. The van der Waals surface area contributed by atoms with Crippen molar-refractivity contribution < 1.29 is 27.4 Å². The first-order chi connectivity index (χ1) is 13.2. The second-order valence-corrected chi connectivity index (χ2v) is 8.10. The molecule has 10 heteroatoms. The van der Waals surface area contributed by atoms with Crippen molar-refractivity contribution in [3.8, 4) is 11.5 Å². The summed E-state index contributed by atoms with van der Waals surface area (Å²) in [6.07, 6.45) is 0. The van der Waals surface area contributed by atoms with Gasteiger partial charge in [0.1, 0.15) is 22.9 Å². The largest absolute Gasteiger partial charge is 0.497 e. The van der Waals surface area contributed by atoms with Gasteiger partial charge in [0.2, 0.25) is 0 Å². The second kappa shape index (κ2) is 9.36. The number of ether oxygens (including phenoxy) is 3. The summed E-state index contributed by atoms with van der Waals surface area (Å²) in [7, 11) is -1.48. The Hall–Kier alpha value is -2.16. The fourth-order valence-electron chi connectivity index (χ4n) is 2.41. The first kappa shape index (κ1) is 22.1. The highest BCUT2D eigenvalue weighted by atomic mass is 35.5. The van der Waals surface area contributed by atoms with E-state index in [4.69, 9.17) is 37.4 Å². The lowest BCUT2D eigenvalue weighted by atomic mass is 10.2. The van der Waals surface area contributed by atoms with Crippen LogP contribution in [0, 0.1) is 0 Å². The third-order valence-electron chi connectivity index (χ3n) is 3.69. The summed E-state index contributed by atoms with van der Waals surface area (Å²) in [5.74, 6) is -0.155. The first-order valence-electron chi connectivity index (χ1n) is 8.10. The maximum atomic E-state index is 13.4. The summed E-state index contributed by atoms with van der Waals surface area (Å²) in [6, 6.07) is 8.61. The molecule has 0 unspecified atom stereocenters. The van der Waals surface area contributed by atoms with E-state index in [2.05, 4.69) is 0 Å². The molecule has 0 heterocycles. The zero-order chi connectivity index (χ0) is 20.9. The number of anilines is 1. The molecule has 0 spiro atoms. The molecule has 7 nitrogen and oxygen atoms in total. The lowest BCUT2D eigenvalue weighted by Gasteiger charge is -2.26. The number of hydrogen-bond donors (Lipinski definition) is 0. The summed E-state index contributed by atoms with van der Waals surface area (Å²) in [4.78, 5) is 11.9. The SMILES string of the molecule is CCOC(=O)CN(c1cc(OC)ccc1OC)S(=O)(=O)c1cc(Cl)ccc1Cl. The van der Waals surface area contributed by atoms with E-state index in [1.165, 1.54) is 44.6 Å². The Kier molecular flexibility index (Phi) is 7.40. The first-order valence-corrected chi connectivity index (χ1v) is 10.3. The van der Waals surface area contributed by atoms with Gasteiger partial charge in [-0.05, 0) is 37.3 Å². The summed E-state index contributed by atoms with van der Waals surface area (Å²) in [5, 5.41) is 0.136. The number of carbonyl (C=O) groups is 1. The average Bonchev–Trinajstić information content (AvgIpc) is 2.67. The molecule has 0 fully saturated rings. The average molecular weight is 448 g/mol. The predicted octanol–water partition coefficient (Wildman–Crippen LogP) is 3.77. The smallest absolute Gasteiger partial charge is 0.326 e.